The lowest BCUT2D eigenvalue weighted by Crippen LogP contribution is -2.26. The molecule has 3 heterocycles. The van der Waals surface area contributed by atoms with Crippen LogP contribution in [0.25, 0.3) is 10.9 Å². The van der Waals surface area contributed by atoms with Crippen LogP contribution in [0.15, 0.2) is 89.9 Å². The number of pyridine rings is 1. The summed E-state index contributed by atoms with van der Waals surface area (Å²) in [5.74, 6) is 1.03. The van der Waals surface area contributed by atoms with Crippen molar-refractivity contribution in [3.05, 3.63) is 114 Å². The van der Waals surface area contributed by atoms with Gasteiger partial charge in [-0.15, -0.1) is 0 Å². The molecule has 8 nitrogen and oxygen atoms in total. The molecule has 0 spiro atoms. The summed E-state index contributed by atoms with van der Waals surface area (Å²) in [6.45, 7) is 2.31. The summed E-state index contributed by atoms with van der Waals surface area (Å²) in [5.41, 5.74) is 4.69. The molecule has 0 bridgehead atoms. The highest BCUT2D eigenvalue weighted by atomic mass is 16.5. The highest BCUT2D eigenvalue weighted by Crippen LogP contribution is 2.20. The smallest absolute Gasteiger partial charge is 0.273 e. The summed E-state index contributed by atoms with van der Waals surface area (Å²) in [7, 11) is 1.67. The molecule has 0 fully saturated rings. The summed E-state index contributed by atoms with van der Waals surface area (Å²) in [6, 6.07) is 20.1. The van der Waals surface area contributed by atoms with Crippen molar-refractivity contribution < 1.29 is 13.9 Å². The molecule has 0 atom stereocenters. The Morgan fingerprint density at radius 2 is 1.97 bits per heavy atom. The average molecular weight is 496 g/mol. The number of amides is 1. The number of fused-ring (bicyclic) bond motifs is 1. The molecule has 0 aliphatic rings. The molecule has 5 aromatic rings. The molecule has 188 valence electrons. The van der Waals surface area contributed by atoms with Crippen LogP contribution in [0.3, 0.4) is 0 Å². The Kier molecular flexibility index (Phi) is 7.57. The molecular weight excluding hydrogens is 466 g/mol. The molecule has 1 amide bonds. The van der Waals surface area contributed by atoms with E-state index in [0.717, 1.165) is 35.4 Å². The first kappa shape index (κ1) is 24.3. The molecule has 0 aliphatic carbocycles. The summed E-state index contributed by atoms with van der Waals surface area (Å²) in [4.78, 5) is 26.7. The van der Waals surface area contributed by atoms with E-state index in [-0.39, 0.29) is 11.6 Å². The third-order valence-corrected chi connectivity index (χ3v) is 6.23. The van der Waals surface area contributed by atoms with E-state index in [0.29, 0.717) is 25.5 Å². The van der Waals surface area contributed by atoms with Crippen LogP contribution in [0.4, 0.5) is 0 Å². The summed E-state index contributed by atoms with van der Waals surface area (Å²) in [6.07, 6.45) is 7.76. The quantitative estimate of drug-likeness (QED) is 0.275. The Balaban J connectivity index is 1.28. The first-order valence-corrected chi connectivity index (χ1v) is 12.2. The van der Waals surface area contributed by atoms with Gasteiger partial charge in [0.1, 0.15) is 12.0 Å². The topological polar surface area (TPSA) is 96.3 Å². The van der Waals surface area contributed by atoms with Gasteiger partial charge in [0.05, 0.1) is 13.7 Å². The third-order valence-electron chi connectivity index (χ3n) is 6.23. The molecule has 0 radical (unpaired) electrons. The van der Waals surface area contributed by atoms with Crippen LogP contribution >= 0.6 is 0 Å². The standard InChI is InChI=1S/C29H29N5O3/c1-36-24-8-4-6-21(14-24)18-34(13-11-23-17-31-26-10-3-2-9-25(23)26)19-28-33-27(20-37-28)29(35)32-16-22-7-5-12-30-15-22/h2-10,12,14-15,17,20,31H,11,13,16,18-19H2,1H3,(H,32,35). The van der Waals surface area contributed by atoms with Gasteiger partial charge in [-0.25, -0.2) is 4.98 Å². The number of H-pyrrole nitrogens is 1. The molecule has 8 heteroatoms. The Morgan fingerprint density at radius 3 is 2.84 bits per heavy atom. The summed E-state index contributed by atoms with van der Waals surface area (Å²) < 4.78 is 11.1. The molecule has 0 unspecified atom stereocenters. The summed E-state index contributed by atoms with van der Waals surface area (Å²) >= 11 is 0. The number of carbonyl (C=O) groups excluding carboxylic acids is 1. The second-order valence-corrected chi connectivity index (χ2v) is 8.84. The first-order valence-electron chi connectivity index (χ1n) is 12.2. The average Bonchev–Trinajstić information content (AvgIpc) is 3.58. The lowest BCUT2D eigenvalue weighted by Gasteiger charge is -2.21. The number of oxazole rings is 1. The van der Waals surface area contributed by atoms with E-state index >= 15 is 0 Å². The van der Waals surface area contributed by atoms with Crippen molar-refractivity contribution in [2.75, 3.05) is 13.7 Å². The molecule has 0 aliphatic heterocycles. The van der Waals surface area contributed by atoms with Gasteiger partial charge in [0.15, 0.2) is 5.69 Å². The number of benzene rings is 2. The van der Waals surface area contributed by atoms with Crippen molar-refractivity contribution in [3.63, 3.8) is 0 Å². The van der Waals surface area contributed by atoms with Crippen LogP contribution in [0.5, 0.6) is 5.75 Å². The second kappa shape index (κ2) is 11.5. The lowest BCUT2D eigenvalue weighted by molar-refractivity contribution is 0.0945. The van der Waals surface area contributed by atoms with E-state index in [4.69, 9.17) is 9.15 Å². The van der Waals surface area contributed by atoms with Gasteiger partial charge >= 0.3 is 0 Å². The van der Waals surface area contributed by atoms with E-state index < -0.39 is 0 Å². The Bertz CT molecular complexity index is 1460. The predicted octanol–water partition coefficient (Wildman–Crippen LogP) is 4.73. The minimum atomic E-state index is -0.281. The van der Waals surface area contributed by atoms with Crippen LogP contribution in [-0.4, -0.2) is 39.4 Å². The number of para-hydroxylation sites is 1. The predicted molar refractivity (Wildman–Crippen MR) is 141 cm³/mol. The van der Waals surface area contributed by atoms with Crippen molar-refractivity contribution in [3.8, 4) is 5.75 Å². The first-order chi connectivity index (χ1) is 18.2. The fourth-order valence-corrected chi connectivity index (χ4v) is 4.31. The van der Waals surface area contributed by atoms with E-state index in [2.05, 4.69) is 55.6 Å². The van der Waals surface area contributed by atoms with Crippen LogP contribution in [0, 0.1) is 0 Å². The largest absolute Gasteiger partial charge is 0.497 e. The van der Waals surface area contributed by atoms with Crippen molar-refractivity contribution in [1.82, 2.24) is 25.2 Å². The minimum Gasteiger partial charge on any atom is -0.497 e. The van der Waals surface area contributed by atoms with Gasteiger partial charge in [-0.3, -0.25) is 14.7 Å². The fourth-order valence-electron chi connectivity index (χ4n) is 4.31. The SMILES string of the molecule is COc1cccc(CN(CCc2c[nH]c3ccccc23)Cc2nc(C(=O)NCc3cccnc3)co2)c1. The second-order valence-electron chi connectivity index (χ2n) is 8.84. The summed E-state index contributed by atoms with van der Waals surface area (Å²) in [5, 5.41) is 4.09. The van der Waals surface area contributed by atoms with E-state index in [9.17, 15) is 4.79 Å². The zero-order valence-corrected chi connectivity index (χ0v) is 20.7. The van der Waals surface area contributed by atoms with E-state index in [1.165, 1.54) is 17.2 Å². The molecule has 2 aromatic carbocycles. The number of hydrogen-bond acceptors (Lipinski definition) is 6. The minimum absolute atomic E-state index is 0.261. The van der Waals surface area contributed by atoms with Crippen LogP contribution in [0.2, 0.25) is 0 Å². The number of carbonyl (C=O) groups is 1. The van der Waals surface area contributed by atoms with Crippen molar-refractivity contribution in [1.29, 1.82) is 0 Å². The number of nitrogens with zero attached hydrogens (tertiary/aromatic N) is 3. The van der Waals surface area contributed by atoms with Gasteiger partial charge in [-0.05, 0) is 47.4 Å². The van der Waals surface area contributed by atoms with E-state index in [1.54, 1.807) is 19.5 Å². The van der Waals surface area contributed by atoms with Gasteiger partial charge in [0.2, 0.25) is 5.89 Å². The molecule has 5 rings (SSSR count). The number of nitrogens with one attached hydrogen (secondary N) is 2. The van der Waals surface area contributed by atoms with Crippen LogP contribution < -0.4 is 10.1 Å². The van der Waals surface area contributed by atoms with Gasteiger partial charge < -0.3 is 19.5 Å². The normalized spacial score (nSPS) is 11.2. The maximum Gasteiger partial charge on any atom is 0.273 e. The Morgan fingerprint density at radius 1 is 1.08 bits per heavy atom. The zero-order chi connectivity index (χ0) is 25.5. The van der Waals surface area contributed by atoms with Gasteiger partial charge in [-0.2, -0.15) is 0 Å². The number of aromatic amines is 1. The van der Waals surface area contributed by atoms with Crippen LogP contribution in [-0.2, 0) is 26.1 Å². The highest BCUT2D eigenvalue weighted by Gasteiger charge is 2.16. The maximum atomic E-state index is 12.6. The van der Waals surface area contributed by atoms with Crippen molar-refractivity contribution in [2.24, 2.45) is 0 Å². The molecule has 0 saturated carbocycles. The van der Waals surface area contributed by atoms with Crippen molar-refractivity contribution >= 4 is 16.8 Å². The fraction of sp³-hybridized carbons (Fsp3) is 0.207. The highest BCUT2D eigenvalue weighted by molar-refractivity contribution is 5.91. The van der Waals surface area contributed by atoms with Crippen molar-refractivity contribution in [2.45, 2.75) is 26.1 Å². The lowest BCUT2D eigenvalue weighted by atomic mass is 10.1. The number of hydrogen-bond donors (Lipinski definition) is 2. The number of methoxy groups -OCH3 is 1. The van der Waals surface area contributed by atoms with Crippen LogP contribution in [0.1, 0.15) is 33.1 Å². The number of rotatable bonds is 11. The Labute approximate surface area is 215 Å². The molecule has 3 aromatic heterocycles. The zero-order valence-electron chi connectivity index (χ0n) is 20.7. The monoisotopic (exact) mass is 495 g/mol. The maximum absolute atomic E-state index is 12.6. The number of ether oxygens (including phenoxy) is 1. The third kappa shape index (κ3) is 6.23. The Hall–Kier alpha value is -4.43. The molecular formula is C29H29N5O3. The van der Waals surface area contributed by atoms with E-state index in [1.807, 2.05) is 36.4 Å². The van der Waals surface area contributed by atoms with Gasteiger partial charge in [0.25, 0.3) is 5.91 Å². The molecule has 37 heavy (non-hydrogen) atoms. The number of aromatic nitrogens is 3. The van der Waals surface area contributed by atoms with Gasteiger partial charge in [0, 0.05) is 49.1 Å². The molecule has 0 saturated heterocycles. The van der Waals surface area contributed by atoms with Gasteiger partial charge in [-0.1, -0.05) is 36.4 Å². The molecule has 2 N–H and O–H groups in total.